The summed E-state index contributed by atoms with van der Waals surface area (Å²) in [6.07, 6.45) is 3.64. The fourth-order valence-corrected chi connectivity index (χ4v) is 3.49. The summed E-state index contributed by atoms with van der Waals surface area (Å²) in [5, 5.41) is 8.99. The van der Waals surface area contributed by atoms with Gasteiger partial charge in [0.2, 0.25) is 0 Å². The number of aliphatic carboxylic acids is 1. The Morgan fingerprint density at radius 3 is 2.68 bits per heavy atom. The van der Waals surface area contributed by atoms with Crippen LogP contribution in [0.5, 0.6) is 0 Å². The molecule has 0 unspecified atom stereocenters. The van der Waals surface area contributed by atoms with Gasteiger partial charge in [0.1, 0.15) is 11.4 Å². The third-order valence-corrected chi connectivity index (χ3v) is 4.79. The Labute approximate surface area is 148 Å². The molecule has 0 saturated heterocycles. The summed E-state index contributed by atoms with van der Waals surface area (Å²) in [7, 11) is 0. The Bertz CT molecular complexity index is 674. The van der Waals surface area contributed by atoms with Gasteiger partial charge in [0.15, 0.2) is 0 Å². The first-order chi connectivity index (χ1) is 11.7. The average Bonchev–Trinajstić information content (AvgIpc) is 2.47. The molecular formula is C19H26N2O4. The predicted octanol–water partition coefficient (Wildman–Crippen LogP) is 3.42. The number of ether oxygens (including phenoxy) is 1. The Hall–Kier alpha value is -2.11. The first-order valence-electron chi connectivity index (χ1n) is 8.95. The number of anilines is 1. The lowest BCUT2D eigenvalue weighted by atomic mass is 9.73. The van der Waals surface area contributed by atoms with Crippen molar-refractivity contribution in [2.45, 2.75) is 58.5 Å². The number of rotatable bonds is 3. The molecule has 2 aliphatic rings. The van der Waals surface area contributed by atoms with Gasteiger partial charge in [0.25, 0.3) is 0 Å². The minimum atomic E-state index is -0.703. The van der Waals surface area contributed by atoms with Crippen LogP contribution in [0.4, 0.5) is 10.6 Å². The van der Waals surface area contributed by atoms with E-state index in [1.165, 1.54) is 0 Å². The number of aryl methyl sites for hydroxylation is 1. The number of nitrogens with zero attached hydrogens (tertiary/aromatic N) is 2. The van der Waals surface area contributed by atoms with Gasteiger partial charge in [0, 0.05) is 12.2 Å². The van der Waals surface area contributed by atoms with Crippen LogP contribution in [0.25, 0.3) is 0 Å². The van der Waals surface area contributed by atoms with Crippen molar-refractivity contribution in [1.29, 1.82) is 0 Å². The summed E-state index contributed by atoms with van der Waals surface area (Å²) >= 11 is 0. The third kappa shape index (κ3) is 4.11. The van der Waals surface area contributed by atoms with Crippen LogP contribution >= 0.6 is 0 Å². The van der Waals surface area contributed by atoms with Crippen molar-refractivity contribution in [3.05, 3.63) is 23.4 Å². The number of carbonyl (C=O) groups excluding carboxylic acids is 1. The summed E-state index contributed by atoms with van der Waals surface area (Å²) in [5.74, 6) is 0.156. The molecule has 6 nitrogen and oxygen atoms in total. The molecular weight excluding hydrogens is 320 g/mol. The van der Waals surface area contributed by atoms with E-state index < -0.39 is 11.6 Å². The lowest BCUT2D eigenvalue weighted by Gasteiger charge is -2.33. The van der Waals surface area contributed by atoms with Crippen molar-refractivity contribution in [2.75, 3.05) is 11.4 Å². The molecule has 136 valence electrons. The van der Waals surface area contributed by atoms with E-state index in [4.69, 9.17) is 14.8 Å². The van der Waals surface area contributed by atoms with Gasteiger partial charge < -0.3 is 9.84 Å². The van der Waals surface area contributed by atoms with Gasteiger partial charge in [-0.2, -0.15) is 0 Å². The number of hydrogen-bond donors (Lipinski definition) is 1. The standard InChI is InChI=1S/C19H26N2O4/c1-19(2,3)25-18(24)21-8-4-5-13-6-7-15(20-16(13)21)11-12-9-14(10-12)17(22)23/h6-7,12,14H,4-5,8-11H2,1-3H3,(H,22,23). The maximum atomic E-state index is 12.5. The van der Waals surface area contributed by atoms with E-state index >= 15 is 0 Å². The molecule has 1 aliphatic carbocycles. The van der Waals surface area contributed by atoms with E-state index in [0.717, 1.165) is 30.5 Å². The maximum absolute atomic E-state index is 12.5. The van der Waals surface area contributed by atoms with Gasteiger partial charge >= 0.3 is 12.1 Å². The van der Waals surface area contributed by atoms with Crippen LogP contribution in [0, 0.1) is 11.8 Å². The molecule has 0 atom stereocenters. The smallest absolute Gasteiger partial charge is 0.416 e. The third-order valence-electron chi connectivity index (χ3n) is 4.79. The molecule has 0 aromatic carbocycles. The van der Waals surface area contributed by atoms with Crippen molar-refractivity contribution in [3.8, 4) is 0 Å². The second-order valence-corrected chi connectivity index (χ2v) is 8.10. The van der Waals surface area contributed by atoms with Gasteiger partial charge in [0.05, 0.1) is 5.92 Å². The SMILES string of the molecule is CC(C)(C)OC(=O)N1CCCc2ccc(CC3CC(C(=O)O)C3)nc21. The number of amides is 1. The van der Waals surface area contributed by atoms with Gasteiger partial charge in [-0.1, -0.05) is 6.07 Å². The second kappa shape index (κ2) is 6.65. The highest BCUT2D eigenvalue weighted by Crippen LogP contribution is 2.36. The van der Waals surface area contributed by atoms with Crippen molar-refractivity contribution in [2.24, 2.45) is 11.8 Å². The van der Waals surface area contributed by atoms with Crippen LogP contribution < -0.4 is 4.90 Å². The molecule has 25 heavy (non-hydrogen) atoms. The van der Waals surface area contributed by atoms with Gasteiger partial charge in [-0.25, -0.2) is 9.78 Å². The van der Waals surface area contributed by atoms with E-state index in [2.05, 4.69) is 0 Å². The predicted molar refractivity (Wildman–Crippen MR) is 93.7 cm³/mol. The van der Waals surface area contributed by atoms with E-state index in [-0.39, 0.29) is 12.0 Å². The quantitative estimate of drug-likeness (QED) is 0.907. The van der Waals surface area contributed by atoms with Gasteiger partial charge in [-0.05, 0) is 70.4 Å². The van der Waals surface area contributed by atoms with Crippen LogP contribution in [0.2, 0.25) is 0 Å². The Morgan fingerprint density at radius 2 is 2.04 bits per heavy atom. The molecule has 0 bridgehead atoms. The minimum absolute atomic E-state index is 0.208. The average molecular weight is 346 g/mol. The second-order valence-electron chi connectivity index (χ2n) is 8.10. The van der Waals surface area contributed by atoms with Crippen LogP contribution in [0.15, 0.2) is 12.1 Å². The lowest BCUT2D eigenvalue weighted by Crippen LogP contribution is -2.40. The zero-order valence-electron chi connectivity index (χ0n) is 15.1. The van der Waals surface area contributed by atoms with Crippen LogP contribution in [-0.4, -0.2) is 34.3 Å². The first kappa shape index (κ1) is 17.7. The van der Waals surface area contributed by atoms with Crippen molar-refractivity contribution in [1.82, 2.24) is 4.98 Å². The number of fused-ring (bicyclic) bond motifs is 1. The summed E-state index contributed by atoms with van der Waals surface area (Å²) in [4.78, 5) is 29.8. The molecule has 0 spiro atoms. The monoisotopic (exact) mass is 346 g/mol. The Balaban J connectivity index is 1.72. The maximum Gasteiger partial charge on any atom is 0.416 e. The molecule has 1 fully saturated rings. The molecule has 1 saturated carbocycles. The molecule has 0 radical (unpaired) electrons. The molecule has 1 aliphatic heterocycles. The summed E-state index contributed by atoms with van der Waals surface area (Å²) in [5.41, 5.74) is 1.45. The van der Waals surface area contributed by atoms with Crippen molar-refractivity contribution >= 4 is 17.9 Å². The zero-order valence-corrected chi connectivity index (χ0v) is 15.1. The van der Waals surface area contributed by atoms with Crippen LogP contribution in [-0.2, 0) is 22.4 Å². The number of carboxylic acid groups (broad SMARTS) is 1. The molecule has 2 heterocycles. The fraction of sp³-hybridized carbons (Fsp3) is 0.632. The lowest BCUT2D eigenvalue weighted by molar-refractivity contribution is -0.146. The van der Waals surface area contributed by atoms with E-state index in [9.17, 15) is 9.59 Å². The molecule has 6 heteroatoms. The number of carboxylic acids is 1. The first-order valence-corrected chi connectivity index (χ1v) is 8.95. The summed E-state index contributed by atoms with van der Waals surface area (Å²) < 4.78 is 5.51. The topological polar surface area (TPSA) is 79.7 Å². The highest BCUT2D eigenvalue weighted by atomic mass is 16.6. The number of aromatic nitrogens is 1. The highest BCUT2D eigenvalue weighted by Gasteiger charge is 2.35. The highest BCUT2D eigenvalue weighted by molar-refractivity contribution is 5.88. The number of hydrogen-bond acceptors (Lipinski definition) is 4. The van der Waals surface area contributed by atoms with E-state index in [1.807, 2.05) is 32.9 Å². The number of carbonyl (C=O) groups is 2. The minimum Gasteiger partial charge on any atom is -0.481 e. The fourth-order valence-electron chi connectivity index (χ4n) is 3.49. The summed E-state index contributed by atoms with van der Waals surface area (Å²) in [6, 6.07) is 4.05. The molecule has 1 aromatic heterocycles. The van der Waals surface area contributed by atoms with E-state index in [1.54, 1.807) is 4.90 Å². The number of pyridine rings is 1. The largest absolute Gasteiger partial charge is 0.481 e. The van der Waals surface area contributed by atoms with Gasteiger partial charge in [-0.3, -0.25) is 9.69 Å². The van der Waals surface area contributed by atoms with Crippen molar-refractivity contribution < 1.29 is 19.4 Å². The zero-order chi connectivity index (χ0) is 18.2. The molecule has 3 rings (SSSR count). The molecule has 1 N–H and O–H groups in total. The van der Waals surface area contributed by atoms with Crippen LogP contribution in [0.3, 0.4) is 0 Å². The molecule has 1 aromatic rings. The van der Waals surface area contributed by atoms with E-state index in [0.29, 0.717) is 31.1 Å². The normalized spacial score (nSPS) is 22.8. The summed E-state index contributed by atoms with van der Waals surface area (Å²) in [6.45, 7) is 6.18. The Morgan fingerprint density at radius 1 is 1.32 bits per heavy atom. The van der Waals surface area contributed by atoms with Crippen LogP contribution in [0.1, 0.15) is 51.3 Å². The van der Waals surface area contributed by atoms with Crippen molar-refractivity contribution in [3.63, 3.8) is 0 Å². The Kier molecular flexibility index (Phi) is 4.71. The van der Waals surface area contributed by atoms with Gasteiger partial charge in [-0.15, -0.1) is 0 Å². The molecule has 1 amide bonds.